The molecule has 0 saturated heterocycles. The Balaban J connectivity index is 1.49. The van der Waals surface area contributed by atoms with Crippen LogP contribution in [0.5, 0.6) is 0 Å². The van der Waals surface area contributed by atoms with Gasteiger partial charge in [0.25, 0.3) is 0 Å². The third-order valence-corrected chi connectivity index (χ3v) is 6.25. The maximum absolute atomic E-state index is 12.5. The summed E-state index contributed by atoms with van der Waals surface area (Å²) in [6, 6.07) is 3.16. The molecule has 0 radical (unpaired) electrons. The minimum absolute atomic E-state index is 0.108. The number of hydrogen-bond acceptors (Lipinski definition) is 4. The smallest absolute Gasteiger partial charge is 0.307 e. The largest absolute Gasteiger partial charge is 0.334 e. The minimum atomic E-state index is -4.08. The second kappa shape index (κ2) is 7.12. The third kappa shape index (κ3) is 3.71. The van der Waals surface area contributed by atoms with E-state index in [1.165, 1.54) is 11.1 Å². The van der Waals surface area contributed by atoms with Crippen molar-refractivity contribution in [3.63, 3.8) is 0 Å². The van der Waals surface area contributed by atoms with Crippen molar-refractivity contribution in [2.45, 2.75) is 58.4 Å². The molecule has 0 atom stereocenters. The molecule has 9 heteroatoms. The molecule has 2 aliphatic carbocycles. The number of carbonyl (C=O) groups is 1. The molecule has 0 fully saturated rings. The minimum Gasteiger partial charge on any atom is -0.307 e. The fraction of sp³-hybridized carbons (Fsp3) is 0.474. The average Bonchev–Trinajstić information content (AvgIpc) is 3.32. The molecule has 1 aromatic carbocycles. The van der Waals surface area contributed by atoms with Crippen molar-refractivity contribution in [3.05, 3.63) is 40.6 Å². The number of fused-ring (bicyclic) bond motifs is 2. The van der Waals surface area contributed by atoms with Crippen LogP contribution in [-0.2, 0) is 35.9 Å². The molecule has 0 aliphatic heterocycles. The maximum atomic E-state index is 12.5. The zero-order chi connectivity index (χ0) is 19.9. The van der Waals surface area contributed by atoms with Gasteiger partial charge in [0.1, 0.15) is 0 Å². The first-order valence-electron chi connectivity index (χ1n) is 9.65. The van der Waals surface area contributed by atoms with Crippen LogP contribution in [0.1, 0.15) is 55.0 Å². The van der Waals surface area contributed by atoms with Crippen molar-refractivity contribution < 1.29 is 13.2 Å². The van der Waals surface area contributed by atoms with Crippen molar-refractivity contribution in [3.8, 4) is 0 Å². The van der Waals surface area contributed by atoms with Gasteiger partial charge in [-0.3, -0.25) is 4.68 Å². The number of hydrogen-bond donors (Lipinski definition) is 3. The highest BCUT2D eigenvalue weighted by atomic mass is 32.2. The number of nitrogens with one attached hydrogen (secondary N) is 3. The SMILES string of the molecule is CC(C)n1ccc(NS(=O)(=O)NC(=O)Nc2c3c(cc4c2CCC4)CCC3)n1. The molecule has 150 valence electrons. The molecule has 8 nitrogen and oxygen atoms in total. The topological polar surface area (TPSA) is 105 Å². The summed E-state index contributed by atoms with van der Waals surface area (Å²) >= 11 is 0. The number of rotatable bonds is 5. The van der Waals surface area contributed by atoms with Crippen LogP contribution >= 0.6 is 0 Å². The Hall–Kier alpha value is -2.55. The van der Waals surface area contributed by atoms with Crippen molar-refractivity contribution in [2.24, 2.45) is 0 Å². The van der Waals surface area contributed by atoms with Gasteiger partial charge >= 0.3 is 16.2 Å². The molecule has 0 spiro atoms. The lowest BCUT2D eigenvalue weighted by atomic mass is 9.99. The molecule has 3 N–H and O–H groups in total. The van der Waals surface area contributed by atoms with E-state index in [0.29, 0.717) is 0 Å². The summed E-state index contributed by atoms with van der Waals surface area (Å²) in [5.41, 5.74) is 5.65. The number of aromatic nitrogens is 2. The van der Waals surface area contributed by atoms with E-state index in [1.54, 1.807) is 16.9 Å². The van der Waals surface area contributed by atoms with Crippen molar-refractivity contribution in [1.82, 2.24) is 14.5 Å². The number of aryl methyl sites for hydroxylation is 2. The Kier molecular flexibility index (Phi) is 4.78. The standard InChI is InChI=1S/C19H25N5O3S/c1-12(2)24-10-9-17(21-24)22-28(26,27)23-19(25)20-18-15-7-3-5-13(15)11-14-6-4-8-16(14)18/h9-12H,3-8H2,1-2H3,(H,21,22)(H2,20,23,25). The first kappa shape index (κ1) is 18.8. The van der Waals surface area contributed by atoms with Gasteiger partial charge in [-0.25, -0.2) is 14.2 Å². The van der Waals surface area contributed by atoms with E-state index >= 15 is 0 Å². The summed E-state index contributed by atoms with van der Waals surface area (Å²) in [7, 11) is -4.08. The molecule has 2 aliphatic rings. The summed E-state index contributed by atoms with van der Waals surface area (Å²) in [6.07, 6.45) is 7.65. The van der Waals surface area contributed by atoms with Gasteiger partial charge in [0.05, 0.1) is 0 Å². The number of anilines is 2. The Morgan fingerprint density at radius 1 is 1.11 bits per heavy atom. The molecule has 2 amide bonds. The van der Waals surface area contributed by atoms with Crippen molar-refractivity contribution in [2.75, 3.05) is 10.0 Å². The average molecular weight is 404 g/mol. The van der Waals surface area contributed by atoms with Crippen LogP contribution in [0.2, 0.25) is 0 Å². The van der Waals surface area contributed by atoms with Crippen LogP contribution in [0.4, 0.5) is 16.3 Å². The maximum Gasteiger partial charge on any atom is 0.334 e. The van der Waals surface area contributed by atoms with E-state index < -0.39 is 16.2 Å². The Morgan fingerprint density at radius 3 is 2.32 bits per heavy atom. The van der Waals surface area contributed by atoms with E-state index in [9.17, 15) is 13.2 Å². The molecule has 4 rings (SSSR count). The van der Waals surface area contributed by atoms with Gasteiger partial charge in [0.15, 0.2) is 5.82 Å². The third-order valence-electron chi connectivity index (χ3n) is 5.31. The fourth-order valence-corrected chi connectivity index (χ4v) is 4.80. The highest BCUT2D eigenvalue weighted by molar-refractivity contribution is 7.91. The molecule has 0 saturated carbocycles. The van der Waals surface area contributed by atoms with Gasteiger partial charge in [-0.2, -0.15) is 13.5 Å². The highest BCUT2D eigenvalue weighted by Crippen LogP contribution is 2.38. The Morgan fingerprint density at radius 2 is 1.75 bits per heavy atom. The molecule has 28 heavy (non-hydrogen) atoms. The van der Waals surface area contributed by atoms with Gasteiger partial charge in [0, 0.05) is 24.0 Å². The Labute approximate surface area is 164 Å². The van der Waals surface area contributed by atoms with E-state index in [0.717, 1.165) is 55.3 Å². The predicted molar refractivity (Wildman–Crippen MR) is 108 cm³/mol. The van der Waals surface area contributed by atoms with E-state index in [-0.39, 0.29) is 11.9 Å². The number of nitrogens with zero attached hydrogens (tertiary/aromatic N) is 2. The molecular weight excluding hydrogens is 378 g/mol. The van der Waals surface area contributed by atoms with Gasteiger partial charge in [-0.05, 0) is 74.6 Å². The molecule has 1 aromatic heterocycles. The number of amides is 2. The normalized spacial score (nSPS) is 15.4. The fourth-order valence-electron chi connectivity index (χ4n) is 4.07. The number of benzene rings is 1. The molecule has 0 bridgehead atoms. The van der Waals surface area contributed by atoms with Gasteiger partial charge in [0.2, 0.25) is 0 Å². The van der Waals surface area contributed by atoms with Crippen LogP contribution in [-0.4, -0.2) is 24.2 Å². The second-order valence-electron chi connectivity index (χ2n) is 7.67. The summed E-state index contributed by atoms with van der Waals surface area (Å²) in [5.74, 6) is 0.162. The number of carbonyl (C=O) groups excluding carboxylic acids is 1. The number of urea groups is 1. The monoisotopic (exact) mass is 403 g/mol. The zero-order valence-corrected chi connectivity index (χ0v) is 16.9. The summed E-state index contributed by atoms with van der Waals surface area (Å²) in [5, 5.41) is 6.95. The van der Waals surface area contributed by atoms with Gasteiger partial charge in [-0.1, -0.05) is 6.07 Å². The lowest BCUT2D eigenvalue weighted by Crippen LogP contribution is -2.38. The first-order valence-corrected chi connectivity index (χ1v) is 11.1. The summed E-state index contributed by atoms with van der Waals surface area (Å²) in [4.78, 5) is 12.5. The first-order chi connectivity index (χ1) is 13.3. The predicted octanol–water partition coefficient (Wildman–Crippen LogP) is 2.92. The summed E-state index contributed by atoms with van der Waals surface area (Å²) < 4.78 is 30.6. The van der Waals surface area contributed by atoms with Crippen LogP contribution in [0.25, 0.3) is 0 Å². The lowest BCUT2D eigenvalue weighted by Gasteiger charge is -2.16. The van der Waals surface area contributed by atoms with Crippen LogP contribution in [0, 0.1) is 0 Å². The van der Waals surface area contributed by atoms with Crippen molar-refractivity contribution >= 4 is 27.7 Å². The Bertz CT molecular complexity index is 994. The van der Waals surface area contributed by atoms with E-state index in [1.807, 2.05) is 18.6 Å². The van der Waals surface area contributed by atoms with E-state index in [4.69, 9.17) is 0 Å². The molecule has 0 unspecified atom stereocenters. The van der Waals surface area contributed by atoms with Crippen LogP contribution in [0.3, 0.4) is 0 Å². The highest BCUT2D eigenvalue weighted by Gasteiger charge is 2.26. The van der Waals surface area contributed by atoms with Crippen LogP contribution in [0.15, 0.2) is 18.3 Å². The second-order valence-corrected chi connectivity index (χ2v) is 9.09. The summed E-state index contributed by atoms with van der Waals surface area (Å²) in [6.45, 7) is 3.88. The van der Waals surface area contributed by atoms with Crippen molar-refractivity contribution in [1.29, 1.82) is 0 Å². The van der Waals surface area contributed by atoms with Gasteiger partial charge < -0.3 is 5.32 Å². The van der Waals surface area contributed by atoms with Crippen LogP contribution < -0.4 is 14.8 Å². The molecule has 2 aromatic rings. The molecular formula is C19H25N5O3S. The quantitative estimate of drug-likeness (QED) is 0.714. The van der Waals surface area contributed by atoms with E-state index in [2.05, 4.69) is 21.2 Å². The molecule has 1 heterocycles. The lowest BCUT2D eigenvalue weighted by molar-refractivity contribution is 0.256. The van der Waals surface area contributed by atoms with Gasteiger partial charge in [-0.15, -0.1) is 0 Å². The zero-order valence-electron chi connectivity index (χ0n) is 16.1.